The number of benzene rings is 3. The van der Waals surface area contributed by atoms with Crippen molar-refractivity contribution in [2.75, 3.05) is 4.90 Å². The molecule has 3 aromatic carbocycles. The standard InChI is InChI=1S/C26H30BrN/c1-25(2,3)19-7-13-22(14-8-19)28(24-17-11-21(27)12-18-24)23-15-9-20(10-16-23)26(4,5)6/h7-18H,1-6H3/i1D3,2D3,3D3,4D3,5D3,6D3,7D,8D,9D,10D,11D,12D,13D,14D,15D,16D,17D,18D. The summed E-state index contributed by atoms with van der Waals surface area (Å²) in [6.07, 6.45) is 0. The minimum absolute atomic E-state index is 0.0611. The van der Waals surface area contributed by atoms with Gasteiger partial charge in [-0.2, -0.15) is 0 Å². The highest BCUT2D eigenvalue weighted by Gasteiger charge is 2.18. The van der Waals surface area contributed by atoms with Gasteiger partial charge >= 0.3 is 0 Å². The predicted molar refractivity (Wildman–Crippen MR) is 126 cm³/mol. The van der Waals surface area contributed by atoms with E-state index in [4.69, 9.17) is 41.1 Å². The lowest BCUT2D eigenvalue weighted by Crippen LogP contribution is -2.14. The van der Waals surface area contributed by atoms with Crippen molar-refractivity contribution in [2.45, 2.75) is 51.9 Å². The Labute approximate surface area is 220 Å². The topological polar surface area (TPSA) is 3.24 Å². The van der Waals surface area contributed by atoms with Crippen molar-refractivity contribution in [2.24, 2.45) is 0 Å². The van der Waals surface area contributed by atoms with Gasteiger partial charge in [0.15, 0.2) is 0 Å². The predicted octanol–water partition coefficient (Wildman–Crippen LogP) is 8.51. The highest BCUT2D eigenvalue weighted by Crippen LogP contribution is 2.37. The van der Waals surface area contributed by atoms with Gasteiger partial charge in [0.1, 0.15) is 0 Å². The molecule has 0 bridgehead atoms. The Hall–Kier alpha value is -2.06. The first-order valence-electron chi connectivity index (χ1n) is 22.4. The van der Waals surface area contributed by atoms with Crippen LogP contribution in [0.5, 0.6) is 0 Å². The van der Waals surface area contributed by atoms with Crippen LogP contribution in [0.25, 0.3) is 0 Å². The average molecular weight is 467 g/mol. The molecule has 0 spiro atoms. The van der Waals surface area contributed by atoms with Crippen molar-refractivity contribution >= 4 is 33.0 Å². The Morgan fingerprint density at radius 1 is 0.607 bits per heavy atom. The summed E-state index contributed by atoms with van der Waals surface area (Å²) in [5, 5.41) is 0. The van der Waals surface area contributed by atoms with Crippen LogP contribution in [0.2, 0.25) is 0 Å². The molecule has 2 heteroatoms. The first-order chi connectivity index (χ1) is 25.6. The zero-order valence-corrected chi connectivity index (χ0v) is 15.4. The molecule has 0 radical (unpaired) electrons. The van der Waals surface area contributed by atoms with Gasteiger partial charge < -0.3 is 4.90 Å². The van der Waals surface area contributed by atoms with Gasteiger partial charge in [-0.25, -0.2) is 0 Å². The van der Waals surface area contributed by atoms with Crippen molar-refractivity contribution in [3.8, 4) is 0 Å². The minimum atomic E-state index is -4.17. The highest BCUT2D eigenvalue weighted by atomic mass is 79.9. The van der Waals surface area contributed by atoms with E-state index in [0.29, 0.717) is 0 Å². The molecule has 0 aromatic heterocycles. The van der Waals surface area contributed by atoms with E-state index in [2.05, 4.69) is 15.9 Å². The summed E-state index contributed by atoms with van der Waals surface area (Å²) in [6, 6.07) is -17.5. The van der Waals surface area contributed by atoms with Crippen LogP contribution < -0.4 is 4.90 Å². The van der Waals surface area contributed by atoms with Gasteiger partial charge in [-0.3, -0.25) is 0 Å². The summed E-state index contributed by atoms with van der Waals surface area (Å²) in [6.45, 7) is -24.9. The third-order valence-electron chi connectivity index (χ3n) is 3.23. The molecule has 0 fully saturated rings. The molecule has 1 nitrogen and oxygen atoms in total. The Morgan fingerprint density at radius 2 is 0.929 bits per heavy atom. The largest absolute Gasteiger partial charge is 0.311 e. The highest BCUT2D eigenvalue weighted by molar-refractivity contribution is 9.10. The van der Waals surface area contributed by atoms with Crippen molar-refractivity contribution in [3.63, 3.8) is 0 Å². The maximum Gasteiger partial charge on any atom is 0.0645 e. The van der Waals surface area contributed by atoms with Gasteiger partial charge in [0.25, 0.3) is 0 Å². The molecule has 0 aliphatic carbocycles. The van der Waals surface area contributed by atoms with Gasteiger partial charge in [-0.1, -0.05) is 81.2 Å². The summed E-state index contributed by atoms with van der Waals surface area (Å²) < 4.78 is 250. The Morgan fingerprint density at radius 3 is 1.25 bits per heavy atom. The molecule has 0 heterocycles. The van der Waals surface area contributed by atoms with E-state index in [1.165, 1.54) is 0 Å². The lowest BCUT2D eigenvalue weighted by atomic mass is 9.86. The van der Waals surface area contributed by atoms with Gasteiger partial charge in [0.2, 0.25) is 0 Å². The molecular formula is C26H30BrN. The molecule has 3 rings (SSSR count). The van der Waals surface area contributed by atoms with Gasteiger partial charge in [0.05, 0.1) is 16.4 Å². The van der Waals surface area contributed by atoms with Crippen LogP contribution in [-0.4, -0.2) is 0 Å². The fourth-order valence-corrected chi connectivity index (χ4v) is 2.15. The van der Waals surface area contributed by atoms with Gasteiger partial charge in [-0.05, 0) is 70.3 Å². The molecule has 0 N–H and O–H groups in total. The second-order valence-electron chi connectivity index (χ2n) is 5.45. The zero-order chi connectivity index (χ0) is 46.0. The summed E-state index contributed by atoms with van der Waals surface area (Å²) >= 11 is 2.83. The van der Waals surface area contributed by atoms with Crippen LogP contribution in [-0.2, 0) is 10.8 Å². The monoisotopic (exact) mass is 465 g/mol. The van der Waals surface area contributed by atoms with Gasteiger partial charge in [-0.15, -0.1) is 0 Å². The van der Waals surface area contributed by atoms with Gasteiger partial charge in [0, 0.05) is 46.2 Å². The third-order valence-corrected chi connectivity index (χ3v) is 3.62. The van der Waals surface area contributed by atoms with Crippen LogP contribution >= 0.6 is 15.9 Å². The number of halogens is 1. The Kier molecular flexibility index (Phi) is 1.33. The van der Waals surface area contributed by atoms with Crippen LogP contribution in [0, 0.1) is 0 Å². The minimum Gasteiger partial charge on any atom is -0.311 e. The second kappa shape index (κ2) is 7.75. The molecule has 0 amide bonds. The Bertz CT molecular complexity index is 1870. The number of hydrogen-bond donors (Lipinski definition) is 0. The molecular weight excluding hydrogens is 406 g/mol. The van der Waals surface area contributed by atoms with Crippen molar-refractivity contribution in [1.82, 2.24) is 0 Å². The third kappa shape index (κ3) is 4.67. The second-order valence-corrected chi connectivity index (χ2v) is 6.24. The average Bonchev–Trinajstić information content (AvgIpc) is 3.01. The lowest BCUT2D eigenvalue weighted by Gasteiger charge is -2.28. The van der Waals surface area contributed by atoms with E-state index in [-0.39, 0.29) is 4.90 Å². The maximum absolute atomic E-state index is 8.97. The molecule has 0 aliphatic rings. The Balaban J connectivity index is 2.91. The number of nitrogens with zero attached hydrogens (tertiary/aromatic N) is 1. The molecule has 0 unspecified atom stereocenters. The van der Waals surface area contributed by atoms with E-state index in [1.807, 2.05) is 0 Å². The SMILES string of the molecule is [2H]c1c([2H])c(N(c2c([2H])c([2H])c(C(C([2H])([2H])[2H])(C([2H])([2H])[2H])C([2H])([2H])[2H])c([2H])c2[2H])c2c([2H])c([2H])c(C(C([2H])([2H])[2H])(C([2H])([2H])[2H])C([2H])([2H])[2H])c([2H])c2[2H])c([2H])c([2H])c1Br. The maximum atomic E-state index is 8.97. The van der Waals surface area contributed by atoms with E-state index in [1.54, 1.807) is 0 Å². The van der Waals surface area contributed by atoms with E-state index in [0.717, 1.165) is 0 Å². The molecule has 0 atom stereocenters. The molecule has 0 saturated heterocycles. The summed E-state index contributed by atoms with van der Waals surface area (Å²) in [5.74, 6) is 0. The quantitative estimate of drug-likeness (QED) is 0.374. The summed E-state index contributed by atoms with van der Waals surface area (Å²) in [7, 11) is 0. The first-order valence-corrected chi connectivity index (χ1v) is 8.15. The zero-order valence-electron chi connectivity index (χ0n) is 43.8. The van der Waals surface area contributed by atoms with Crippen LogP contribution in [0.4, 0.5) is 17.1 Å². The number of rotatable bonds is 3. The first kappa shape index (κ1) is 4.81. The molecule has 0 saturated carbocycles. The van der Waals surface area contributed by atoms with Crippen LogP contribution in [0.1, 0.15) is 93.4 Å². The summed E-state index contributed by atoms with van der Waals surface area (Å²) in [5.41, 5.74) is -15.8. The number of anilines is 3. The molecule has 146 valence electrons. The lowest BCUT2D eigenvalue weighted by molar-refractivity contribution is 0.590. The van der Waals surface area contributed by atoms with Crippen LogP contribution in [0.15, 0.2) is 77.0 Å². The smallest absolute Gasteiger partial charge is 0.0645 e. The van der Waals surface area contributed by atoms with E-state index in [9.17, 15) is 0 Å². The van der Waals surface area contributed by atoms with Crippen molar-refractivity contribution in [1.29, 1.82) is 0 Å². The normalized spacial score (nSPS) is 30.3. The molecule has 28 heavy (non-hydrogen) atoms. The number of hydrogen-bond acceptors (Lipinski definition) is 1. The van der Waals surface area contributed by atoms with Crippen LogP contribution in [0.3, 0.4) is 0 Å². The van der Waals surface area contributed by atoms with Crippen molar-refractivity contribution < 1.29 is 41.1 Å². The van der Waals surface area contributed by atoms with E-state index < -0.39 is 157 Å². The van der Waals surface area contributed by atoms with E-state index >= 15 is 0 Å². The molecule has 0 aliphatic heterocycles. The van der Waals surface area contributed by atoms with Crippen molar-refractivity contribution in [3.05, 3.63) is 88.1 Å². The fraction of sp³-hybridized carbons (Fsp3) is 0.308. The summed E-state index contributed by atoms with van der Waals surface area (Å²) in [4.78, 5) is 0.0611. The molecule has 3 aromatic rings. The fourth-order valence-electron chi connectivity index (χ4n) is 1.95.